The Labute approximate surface area is 147 Å². The lowest BCUT2D eigenvalue weighted by Gasteiger charge is -2.23. The van der Waals surface area contributed by atoms with Crippen molar-refractivity contribution in [2.75, 3.05) is 20.3 Å². The van der Waals surface area contributed by atoms with Crippen LogP contribution in [0, 0.1) is 12.7 Å². The number of nitrogens with zero attached hydrogens (tertiary/aromatic N) is 1. The van der Waals surface area contributed by atoms with E-state index in [-0.39, 0.29) is 31.5 Å². The number of carbonyl (C=O) groups excluding carboxylic acids is 1. The molecule has 0 aromatic heterocycles. The molecule has 134 valence electrons. The van der Waals surface area contributed by atoms with Crippen LogP contribution in [0.25, 0.3) is 0 Å². The molecule has 2 N–H and O–H groups in total. The molecule has 0 spiro atoms. The predicted molar refractivity (Wildman–Crippen MR) is 93.9 cm³/mol. The van der Waals surface area contributed by atoms with Gasteiger partial charge in [0.05, 0.1) is 20.3 Å². The zero-order chi connectivity index (χ0) is 18.2. The molecule has 0 radical (unpaired) electrons. The fraction of sp³-hybridized carbons (Fsp3) is 0.316. The number of ether oxygens (including phenoxy) is 1. The van der Waals surface area contributed by atoms with Crippen LogP contribution in [-0.4, -0.2) is 36.3 Å². The number of hydrogen-bond acceptors (Lipinski definition) is 3. The first-order valence-corrected chi connectivity index (χ1v) is 8.05. The number of carbonyl (C=O) groups is 1. The third kappa shape index (κ3) is 5.19. The summed E-state index contributed by atoms with van der Waals surface area (Å²) in [5.41, 5.74) is 2.20. The molecule has 0 heterocycles. The molecule has 0 atom stereocenters. The number of urea groups is 1. The van der Waals surface area contributed by atoms with Gasteiger partial charge in [0.25, 0.3) is 0 Å². The molecule has 2 amide bonds. The highest BCUT2D eigenvalue weighted by molar-refractivity contribution is 5.74. The van der Waals surface area contributed by atoms with Crippen molar-refractivity contribution >= 4 is 6.03 Å². The quantitative estimate of drug-likeness (QED) is 0.810. The molecule has 0 aliphatic rings. The molecule has 0 aliphatic carbocycles. The summed E-state index contributed by atoms with van der Waals surface area (Å²) in [4.78, 5) is 14.0. The summed E-state index contributed by atoms with van der Waals surface area (Å²) in [6.45, 7) is 2.34. The molecule has 0 saturated carbocycles. The highest BCUT2D eigenvalue weighted by Crippen LogP contribution is 2.19. The lowest BCUT2D eigenvalue weighted by Crippen LogP contribution is -2.40. The van der Waals surface area contributed by atoms with Gasteiger partial charge in [-0.3, -0.25) is 0 Å². The monoisotopic (exact) mass is 346 g/mol. The second-order valence-corrected chi connectivity index (χ2v) is 5.70. The molecule has 0 fully saturated rings. The molecule has 0 saturated heterocycles. The van der Waals surface area contributed by atoms with Gasteiger partial charge in [-0.1, -0.05) is 30.3 Å². The number of nitrogens with one attached hydrogen (secondary N) is 1. The maximum Gasteiger partial charge on any atom is 0.318 e. The molecule has 2 aromatic carbocycles. The van der Waals surface area contributed by atoms with Crippen LogP contribution in [0.15, 0.2) is 42.5 Å². The lowest BCUT2D eigenvalue weighted by molar-refractivity contribution is 0.173. The van der Waals surface area contributed by atoms with Crippen molar-refractivity contribution in [2.24, 2.45) is 0 Å². The van der Waals surface area contributed by atoms with Crippen LogP contribution >= 0.6 is 0 Å². The Morgan fingerprint density at radius 1 is 1.28 bits per heavy atom. The van der Waals surface area contributed by atoms with Crippen molar-refractivity contribution in [1.29, 1.82) is 0 Å². The molecule has 2 aromatic rings. The van der Waals surface area contributed by atoms with Crippen molar-refractivity contribution < 1.29 is 19.0 Å². The lowest BCUT2D eigenvalue weighted by atomic mass is 10.1. The van der Waals surface area contributed by atoms with Crippen LogP contribution in [0.2, 0.25) is 0 Å². The first-order valence-electron chi connectivity index (χ1n) is 8.05. The first kappa shape index (κ1) is 18.7. The minimum atomic E-state index is -0.304. The molecule has 5 nitrogen and oxygen atoms in total. The molecule has 0 unspecified atom stereocenters. The van der Waals surface area contributed by atoms with Gasteiger partial charge in [-0.25, -0.2) is 9.18 Å². The van der Waals surface area contributed by atoms with Gasteiger partial charge >= 0.3 is 6.03 Å². The summed E-state index contributed by atoms with van der Waals surface area (Å²) >= 11 is 0. The summed E-state index contributed by atoms with van der Waals surface area (Å²) in [7, 11) is 1.58. The number of methoxy groups -OCH3 is 1. The van der Waals surface area contributed by atoms with E-state index in [1.54, 1.807) is 26.2 Å². The number of aliphatic hydroxyl groups excluding tert-OH is 1. The summed E-state index contributed by atoms with van der Waals surface area (Å²) in [6, 6.07) is 11.8. The van der Waals surface area contributed by atoms with Crippen molar-refractivity contribution in [3.05, 3.63) is 65.0 Å². The van der Waals surface area contributed by atoms with Crippen LogP contribution in [0.4, 0.5) is 9.18 Å². The van der Waals surface area contributed by atoms with Gasteiger partial charge in [0.1, 0.15) is 11.6 Å². The Bertz CT molecular complexity index is 722. The highest BCUT2D eigenvalue weighted by atomic mass is 19.1. The number of benzene rings is 2. The van der Waals surface area contributed by atoms with Crippen molar-refractivity contribution in [2.45, 2.75) is 20.0 Å². The number of aryl methyl sites for hydroxylation is 1. The van der Waals surface area contributed by atoms with Gasteiger partial charge in [0.15, 0.2) is 0 Å². The van der Waals surface area contributed by atoms with Gasteiger partial charge in [-0.15, -0.1) is 0 Å². The van der Waals surface area contributed by atoms with E-state index in [0.717, 1.165) is 11.1 Å². The van der Waals surface area contributed by atoms with E-state index in [2.05, 4.69) is 5.32 Å². The molecular formula is C19H23FN2O3. The number of aliphatic hydroxyl groups is 1. The van der Waals surface area contributed by atoms with E-state index in [9.17, 15) is 14.3 Å². The van der Waals surface area contributed by atoms with E-state index in [0.29, 0.717) is 17.9 Å². The fourth-order valence-corrected chi connectivity index (χ4v) is 2.52. The van der Waals surface area contributed by atoms with Crippen molar-refractivity contribution in [3.8, 4) is 5.75 Å². The van der Waals surface area contributed by atoms with Crippen LogP contribution < -0.4 is 10.1 Å². The zero-order valence-corrected chi connectivity index (χ0v) is 14.5. The van der Waals surface area contributed by atoms with E-state index in [1.807, 2.05) is 24.3 Å². The zero-order valence-electron chi connectivity index (χ0n) is 14.5. The minimum Gasteiger partial charge on any atom is -0.496 e. The van der Waals surface area contributed by atoms with Gasteiger partial charge in [-0.05, 0) is 30.2 Å². The molecule has 6 heteroatoms. The molecule has 2 rings (SSSR count). The average molecular weight is 346 g/mol. The van der Waals surface area contributed by atoms with Gasteiger partial charge < -0.3 is 20.1 Å². The van der Waals surface area contributed by atoms with Crippen LogP contribution in [0.3, 0.4) is 0 Å². The maximum atomic E-state index is 13.3. The molecule has 25 heavy (non-hydrogen) atoms. The minimum absolute atomic E-state index is 0.141. The summed E-state index contributed by atoms with van der Waals surface area (Å²) < 4.78 is 18.6. The van der Waals surface area contributed by atoms with E-state index >= 15 is 0 Å². The Morgan fingerprint density at radius 3 is 2.72 bits per heavy atom. The normalized spacial score (nSPS) is 10.4. The van der Waals surface area contributed by atoms with E-state index < -0.39 is 0 Å². The topological polar surface area (TPSA) is 61.8 Å². The van der Waals surface area contributed by atoms with E-state index in [1.165, 1.54) is 11.0 Å². The average Bonchev–Trinajstić information content (AvgIpc) is 2.62. The largest absolute Gasteiger partial charge is 0.496 e. The number of para-hydroxylation sites is 1. The standard InChI is InChI=1S/C19H23FN2O3/c1-14-11-15(7-8-17(14)20)12-21-19(24)22(9-10-23)13-16-5-3-4-6-18(16)25-2/h3-8,11,23H,9-10,12-13H2,1-2H3,(H,21,24). The molecular weight excluding hydrogens is 323 g/mol. The third-order valence-corrected chi connectivity index (χ3v) is 3.88. The number of amides is 2. The summed E-state index contributed by atoms with van der Waals surface area (Å²) in [5.74, 6) is 0.417. The molecule has 0 aliphatic heterocycles. The van der Waals surface area contributed by atoms with Gasteiger partial charge in [0.2, 0.25) is 0 Å². The highest BCUT2D eigenvalue weighted by Gasteiger charge is 2.15. The SMILES string of the molecule is COc1ccccc1CN(CCO)C(=O)NCc1ccc(F)c(C)c1. The Hall–Kier alpha value is -2.60. The number of rotatable bonds is 7. The second kappa shape index (κ2) is 9.03. The van der Waals surface area contributed by atoms with Crippen LogP contribution in [-0.2, 0) is 13.1 Å². The summed E-state index contributed by atoms with van der Waals surface area (Å²) in [6.07, 6.45) is 0. The Morgan fingerprint density at radius 2 is 2.04 bits per heavy atom. The van der Waals surface area contributed by atoms with Crippen LogP contribution in [0.5, 0.6) is 5.75 Å². The molecule has 0 bridgehead atoms. The fourth-order valence-electron chi connectivity index (χ4n) is 2.52. The Kier molecular flexibility index (Phi) is 6.77. The van der Waals surface area contributed by atoms with E-state index in [4.69, 9.17) is 4.74 Å². The van der Waals surface area contributed by atoms with Crippen LogP contribution in [0.1, 0.15) is 16.7 Å². The smallest absolute Gasteiger partial charge is 0.318 e. The first-order chi connectivity index (χ1) is 12.0. The number of halogens is 1. The third-order valence-electron chi connectivity index (χ3n) is 3.88. The van der Waals surface area contributed by atoms with Crippen molar-refractivity contribution in [1.82, 2.24) is 10.2 Å². The van der Waals surface area contributed by atoms with Crippen molar-refractivity contribution in [3.63, 3.8) is 0 Å². The Balaban J connectivity index is 2.03. The van der Waals surface area contributed by atoms with Gasteiger partial charge in [0, 0.05) is 18.7 Å². The predicted octanol–water partition coefficient (Wildman–Crippen LogP) is 2.85. The van der Waals surface area contributed by atoms with Gasteiger partial charge in [-0.2, -0.15) is 0 Å². The second-order valence-electron chi connectivity index (χ2n) is 5.70. The summed E-state index contributed by atoms with van der Waals surface area (Å²) in [5, 5.41) is 12.0. The number of hydrogen-bond donors (Lipinski definition) is 2. The maximum absolute atomic E-state index is 13.3.